The number of hydrogen-bond acceptors (Lipinski definition) is 3. The van der Waals surface area contributed by atoms with E-state index in [1.54, 1.807) is 6.92 Å². The van der Waals surface area contributed by atoms with Crippen LogP contribution in [0.15, 0.2) is 24.3 Å². The quantitative estimate of drug-likeness (QED) is 0.657. The molecule has 1 saturated heterocycles. The van der Waals surface area contributed by atoms with E-state index in [-0.39, 0.29) is 17.7 Å². The van der Waals surface area contributed by atoms with Gasteiger partial charge in [-0.1, -0.05) is 37.3 Å². The zero-order valence-corrected chi connectivity index (χ0v) is 10.9. The number of likely N-dealkylation sites (tertiary alicyclic amines) is 1. The molecule has 2 amide bonds. The summed E-state index contributed by atoms with van der Waals surface area (Å²) in [6.07, 6.45) is 0.299. The van der Waals surface area contributed by atoms with E-state index in [0.717, 1.165) is 11.1 Å². The summed E-state index contributed by atoms with van der Waals surface area (Å²) in [6.45, 7) is 2.06. The topological polar surface area (TPSA) is 63.4 Å². The molecule has 1 aromatic rings. The Morgan fingerprint density at radius 3 is 2.78 bits per heavy atom. The zero-order valence-electron chi connectivity index (χ0n) is 10.1. The fourth-order valence-electron chi connectivity index (χ4n) is 2.02. The average Bonchev–Trinajstić information content (AvgIpc) is 2.56. The molecule has 0 aliphatic carbocycles. The van der Waals surface area contributed by atoms with Crippen LogP contribution in [0.2, 0.25) is 0 Å². The maximum Gasteiger partial charge on any atom is 0.232 e. The molecule has 0 aromatic heterocycles. The van der Waals surface area contributed by atoms with Crippen molar-refractivity contribution >= 4 is 29.0 Å². The molecule has 0 bridgehead atoms. The lowest BCUT2D eigenvalue weighted by atomic mass is 10.1. The Hall–Kier alpha value is -1.75. The molecular formula is C13H14N2O2S. The van der Waals surface area contributed by atoms with E-state index >= 15 is 0 Å². The van der Waals surface area contributed by atoms with Gasteiger partial charge in [0.2, 0.25) is 11.8 Å². The van der Waals surface area contributed by atoms with Gasteiger partial charge in [-0.3, -0.25) is 14.5 Å². The fraction of sp³-hybridized carbons (Fsp3) is 0.308. The largest absolute Gasteiger partial charge is 0.389 e. The number of nitrogens with zero attached hydrogens (tertiary/aromatic N) is 1. The third-order valence-corrected chi connectivity index (χ3v) is 3.26. The number of benzene rings is 1. The predicted molar refractivity (Wildman–Crippen MR) is 71.7 cm³/mol. The van der Waals surface area contributed by atoms with Crippen molar-refractivity contribution in [3.05, 3.63) is 35.4 Å². The molecule has 1 heterocycles. The Labute approximate surface area is 111 Å². The van der Waals surface area contributed by atoms with Crippen LogP contribution in [0.25, 0.3) is 0 Å². The maximum absolute atomic E-state index is 11.8. The summed E-state index contributed by atoms with van der Waals surface area (Å²) in [6, 6.07) is 7.29. The van der Waals surface area contributed by atoms with Gasteiger partial charge in [-0.25, -0.2) is 0 Å². The molecule has 2 N–H and O–H groups in total. The summed E-state index contributed by atoms with van der Waals surface area (Å²) in [5.74, 6) is -0.440. The highest BCUT2D eigenvalue weighted by atomic mass is 32.1. The van der Waals surface area contributed by atoms with Crippen molar-refractivity contribution in [2.75, 3.05) is 0 Å². The van der Waals surface area contributed by atoms with Crippen molar-refractivity contribution in [3.63, 3.8) is 0 Å². The number of rotatable bonds is 3. The van der Waals surface area contributed by atoms with E-state index in [0.29, 0.717) is 18.0 Å². The number of imide groups is 1. The molecule has 0 spiro atoms. The summed E-state index contributed by atoms with van der Waals surface area (Å²) in [5, 5.41) is 0. The van der Waals surface area contributed by atoms with Gasteiger partial charge in [0.05, 0.1) is 6.54 Å². The van der Waals surface area contributed by atoms with Crippen LogP contribution in [-0.2, 0) is 16.1 Å². The Morgan fingerprint density at radius 1 is 1.50 bits per heavy atom. The van der Waals surface area contributed by atoms with Gasteiger partial charge < -0.3 is 5.73 Å². The maximum atomic E-state index is 11.8. The van der Waals surface area contributed by atoms with E-state index in [2.05, 4.69) is 0 Å². The van der Waals surface area contributed by atoms with Crippen LogP contribution >= 0.6 is 12.2 Å². The van der Waals surface area contributed by atoms with Crippen LogP contribution in [0, 0.1) is 5.92 Å². The summed E-state index contributed by atoms with van der Waals surface area (Å²) < 4.78 is 0. The first-order chi connectivity index (χ1) is 8.49. The van der Waals surface area contributed by atoms with Gasteiger partial charge in [-0.05, 0) is 11.6 Å². The molecule has 1 aliphatic heterocycles. The predicted octanol–water partition coefficient (Wildman–Crippen LogP) is 1.22. The minimum atomic E-state index is -0.212. The van der Waals surface area contributed by atoms with Gasteiger partial charge in [0.15, 0.2) is 0 Å². The highest BCUT2D eigenvalue weighted by Crippen LogP contribution is 2.21. The first-order valence-corrected chi connectivity index (χ1v) is 6.13. The second-order valence-electron chi connectivity index (χ2n) is 4.49. The van der Waals surface area contributed by atoms with E-state index in [4.69, 9.17) is 18.0 Å². The van der Waals surface area contributed by atoms with Gasteiger partial charge in [-0.15, -0.1) is 0 Å². The third-order valence-electron chi connectivity index (χ3n) is 3.02. The van der Waals surface area contributed by atoms with E-state index in [1.807, 2.05) is 24.3 Å². The highest BCUT2D eigenvalue weighted by Gasteiger charge is 2.35. The Morgan fingerprint density at radius 2 is 2.22 bits per heavy atom. The monoisotopic (exact) mass is 262 g/mol. The lowest BCUT2D eigenvalue weighted by Gasteiger charge is -2.14. The van der Waals surface area contributed by atoms with Crippen molar-refractivity contribution in [2.24, 2.45) is 11.7 Å². The van der Waals surface area contributed by atoms with Gasteiger partial charge in [0, 0.05) is 17.9 Å². The van der Waals surface area contributed by atoms with Crippen LogP contribution in [0.3, 0.4) is 0 Å². The first kappa shape index (κ1) is 12.7. The Bertz CT molecular complexity index is 527. The first-order valence-electron chi connectivity index (χ1n) is 5.72. The molecule has 0 radical (unpaired) electrons. The smallest absolute Gasteiger partial charge is 0.232 e. The van der Waals surface area contributed by atoms with Gasteiger partial charge in [-0.2, -0.15) is 0 Å². The van der Waals surface area contributed by atoms with Crippen molar-refractivity contribution in [3.8, 4) is 0 Å². The molecule has 5 heteroatoms. The third kappa shape index (κ3) is 2.41. The molecule has 1 fully saturated rings. The molecule has 1 unspecified atom stereocenters. The lowest BCUT2D eigenvalue weighted by Crippen LogP contribution is -2.29. The zero-order chi connectivity index (χ0) is 13.3. The standard InChI is InChI=1S/C13H14N2O2S/c1-8-5-11(16)15(13(8)17)7-9-3-2-4-10(6-9)12(14)18/h2-4,6,8H,5,7H2,1H3,(H2,14,18). The molecular weight excluding hydrogens is 248 g/mol. The molecule has 4 nitrogen and oxygen atoms in total. The number of hydrogen-bond donors (Lipinski definition) is 1. The van der Waals surface area contributed by atoms with Gasteiger partial charge >= 0.3 is 0 Å². The van der Waals surface area contributed by atoms with Crippen molar-refractivity contribution in [1.82, 2.24) is 4.90 Å². The van der Waals surface area contributed by atoms with Gasteiger partial charge in [0.1, 0.15) is 4.99 Å². The number of carbonyl (C=O) groups is 2. The molecule has 1 atom stereocenters. The molecule has 1 aliphatic rings. The number of amides is 2. The van der Waals surface area contributed by atoms with Crippen molar-refractivity contribution < 1.29 is 9.59 Å². The van der Waals surface area contributed by atoms with Crippen LogP contribution in [-0.4, -0.2) is 21.7 Å². The highest BCUT2D eigenvalue weighted by molar-refractivity contribution is 7.80. The Balaban J connectivity index is 2.19. The average molecular weight is 262 g/mol. The lowest BCUT2D eigenvalue weighted by molar-refractivity contribution is -0.139. The summed E-state index contributed by atoms with van der Waals surface area (Å²) in [4.78, 5) is 25.1. The van der Waals surface area contributed by atoms with Gasteiger partial charge in [0.25, 0.3) is 0 Å². The summed E-state index contributed by atoms with van der Waals surface area (Å²) in [7, 11) is 0. The second kappa shape index (κ2) is 4.86. The van der Waals surface area contributed by atoms with Crippen LogP contribution in [0.5, 0.6) is 0 Å². The number of carbonyl (C=O) groups excluding carboxylic acids is 2. The van der Waals surface area contributed by atoms with Crippen LogP contribution in [0.1, 0.15) is 24.5 Å². The normalized spacial score (nSPS) is 19.4. The molecule has 0 saturated carbocycles. The van der Waals surface area contributed by atoms with Crippen LogP contribution in [0.4, 0.5) is 0 Å². The molecule has 2 rings (SSSR count). The fourth-order valence-corrected chi connectivity index (χ4v) is 2.15. The molecule has 94 valence electrons. The van der Waals surface area contributed by atoms with E-state index in [1.165, 1.54) is 4.90 Å². The second-order valence-corrected chi connectivity index (χ2v) is 4.93. The molecule has 18 heavy (non-hydrogen) atoms. The van der Waals surface area contributed by atoms with Crippen LogP contribution < -0.4 is 5.73 Å². The molecule has 1 aromatic carbocycles. The summed E-state index contributed by atoms with van der Waals surface area (Å²) in [5.41, 5.74) is 7.15. The minimum Gasteiger partial charge on any atom is -0.389 e. The number of nitrogens with two attached hydrogens (primary N) is 1. The minimum absolute atomic E-state index is 0.110. The van der Waals surface area contributed by atoms with Crippen molar-refractivity contribution in [2.45, 2.75) is 19.9 Å². The Kier molecular flexibility index (Phi) is 3.43. The summed E-state index contributed by atoms with van der Waals surface area (Å²) >= 11 is 4.90. The van der Waals surface area contributed by atoms with E-state index < -0.39 is 0 Å². The van der Waals surface area contributed by atoms with Crippen molar-refractivity contribution in [1.29, 1.82) is 0 Å². The van der Waals surface area contributed by atoms with E-state index in [9.17, 15) is 9.59 Å². The SMILES string of the molecule is CC1CC(=O)N(Cc2cccc(C(N)=S)c2)C1=O. The number of thiocarbonyl (C=S) groups is 1.